The average Bonchev–Trinajstić information content (AvgIpc) is 2.68. The summed E-state index contributed by atoms with van der Waals surface area (Å²) in [4.78, 5) is 17.2. The lowest BCUT2D eigenvalue weighted by molar-refractivity contribution is -0.116. The van der Waals surface area contributed by atoms with Gasteiger partial charge >= 0.3 is 0 Å². The Labute approximate surface area is 170 Å². The molecule has 0 bridgehead atoms. The van der Waals surface area contributed by atoms with Crippen molar-refractivity contribution >= 4 is 17.3 Å². The van der Waals surface area contributed by atoms with Crippen molar-refractivity contribution in [1.82, 2.24) is 4.90 Å². The van der Waals surface area contributed by atoms with Gasteiger partial charge in [-0.3, -0.25) is 9.69 Å². The molecule has 0 aliphatic heterocycles. The van der Waals surface area contributed by atoms with Gasteiger partial charge in [-0.25, -0.2) is 0 Å². The fourth-order valence-corrected chi connectivity index (χ4v) is 3.37. The summed E-state index contributed by atoms with van der Waals surface area (Å²) in [5, 5.41) is 3.09. The lowest BCUT2D eigenvalue weighted by atomic mass is 10.1. The van der Waals surface area contributed by atoms with Crippen LogP contribution in [-0.2, 0) is 11.3 Å². The molecule has 0 atom stereocenters. The highest BCUT2D eigenvalue weighted by atomic mass is 16.1. The highest BCUT2D eigenvalue weighted by molar-refractivity contribution is 5.91. The minimum Gasteiger partial charge on any atom is -0.372 e. The predicted molar refractivity (Wildman–Crippen MR) is 120 cm³/mol. The largest absolute Gasteiger partial charge is 0.372 e. The number of hydrogen-bond acceptors (Lipinski definition) is 3. The molecule has 0 unspecified atom stereocenters. The Morgan fingerprint density at radius 3 is 2.29 bits per heavy atom. The summed E-state index contributed by atoms with van der Waals surface area (Å²) in [5.41, 5.74) is 4.48. The van der Waals surface area contributed by atoms with Crippen LogP contribution < -0.4 is 10.2 Å². The molecular formula is C24H35N3O. The minimum atomic E-state index is 0.0670. The number of carbonyl (C=O) groups excluding carboxylic acids is 1. The number of nitrogens with one attached hydrogen (secondary N) is 1. The molecule has 152 valence electrons. The van der Waals surface area contributed by atoms with Crippen LogP contribution in [0.1, 0.15) is 45.2 Å². The maximum Gasteiger partial charge on any atom is 0.225 e. The van der Waals surface area contributed by atoms with Gasteiger partial charge in [0.2, 0.25) is 5.91 Å². The van der Waals surface area contributed by atoms with E-state index in [1.54, 1.807) is 0 Å². The van der Waals surface area contributed by atoms with E-state index in [0.717, 1.165) is 37.4 Å². The fourth-order valence-electron chi connectivity index (χ4n) is 3.37. The van der Waals surface area contributed by atoms with Crippen LogP contribution in [0.15, 0.2) is 48.5 Å². The predicted octanol–water partition coefficient (Wildman–Crippen LogP) is 5.08. The maximum atomic E-state index is 12.5. The Bertz CT molecular complexity index is 739. The molecular weight excluding hydrogens is 346 g/mol. The average molecular weight is 382 g/mol. The van der Waals surface area contributed by atoms with Crippen LogP contribution in [0, 0.1) is 6.92 Å². The quantitative estimate of drug-likeness (QED) is 0.623. The third kappa shape index (κ3) is 6.38. The van der Waals surface area contributed by atoms with Crippen LogP contribution in [0.3, 0.4) is 0 Å². The van der Waals surface area contributed by atoms with E-state index in [0.29, 0.717) is 12.5 Å². The standard InChI is InChI=1S/C24H35N3O/c1-6-26(7-2)22-13-14-23(20(5)17-22)25-24(28)15-16-27(19(3)4)18-21-11-9-8-10-12-21/h8-14,17,19H,6-7,15-16,18H2,1-5H3,(H,25,28). The molecule has 0 radical (unpaired) electrons. The summed E-state index contributed by atoms with van der Waals surface area (Å²) in [6, 6.07) is 17.1. The van der Waals surface area contributed by atoms with Crippen LogP contribution >= 0.6 is 0 Å². The number of aryl methyl sites for hydroxylation is 1. The van der Waals surface area contributed by atoms with Crippen molar-refractivity contribution in [3.8, 4) is 0 Å². The van der Waals surface area contributed by atoms with Crippen molar-refractivity contribution < 1.29 is 4.79 Å². The Hall–Kier alpha value is -2.33. The van der Waals surface area contributed by atoms with Gasteiger partial charge in [-0.15, -0.1) is 0 Å². The van der Waals surface area contributed by atoms with Crippen molar-refractivity contribution in [3.05, 3.63) is 59.7 Å². The first kappa shape index (κ1) is 22.0. The summed E-state index contributed by atoms with van der Waals surface area (Å²) >= 11 is 0. The summed E-state index contributed by atoms with van der Waals surface area (Å²) in [7, 11) is 0. The van der Waals surface area contributed by atoms with Gasteiger partial charge in [-0.2, -0.15) is 0 Å². The zero-order valence-corrected chi connectivity index (χ0v) is 18.0. The Kier molecular flexibility index (Phi) is 8.52. The lowest BCUT2D eigenvalue weighted by Gasteiger charge is -2.26. The van der Waals surface area contributed by atoms with Gasteiger partial charge in [0.05, 0.1) is 0 Å². The first-order valence-corrected chi connectivity index (χ1v) is 10.4. The highest BCUT2D eigenvalue weighted by Gasteiger charge is 2.13. The molecule has 1 N–H and O–H groups in total. The second kappa shape index (κ2) is 10.9. The molecule has 0 heterocycles. The second-order valence-electron chi connectivity index (χ2n) is 7.52. The van der Waals surface area contributed by atoms with E-state index in [4.69, 9.17) is 0 Å². The summed E-state index contributed by atoms with van der Waals surface area (Å²) in [5.74, 6) is 0.0670. The molecule has 1 amide bonds. The van der Waals surface area contributed by atoms with E-state index < -0.39 is 0 Å². The van der Waals surface area contributed by atoms with Crippen molar-refractivity contribution in [2.75, 3.05) is 29.9 Å². The van der Waals surface area contributed by atoms with Gasteiger partial charge in [0.15, 0.2) is 0 Å². The maximum absolute atomic E-state index is 12.5. The van der Waals surface area contributed by atoms with E-state index in [2.05, 4.69) is 86.1 Å². The molecule has 0 fully saturated rings. The van der Waals surface area contributed by atoms with Gasteiger partial charge in [0.25, 0.3) is 0 Å². The highest BCUT2D eigenvalue weighted by Crippen LogP contribution is 2.23. The molecule has 0 saturated heterocycles. The van der Waals surface area contributed by atoms with Gasteiger partial charge < -0.3 is 10.2 Å². The minimum absolute atomic E-state index is 0.0670. The molecule has 28 heavy (non-hydrogen) atoms. The zero-order chi connectivity index (χ0) is 20.5. The number of carbonyl (C=O) groups is 1. The summed E-state index contributed by atoms with van der Waals surface area (Å²) in [6.07, 6.45) is 0.488. The smallest absolute Gasteiger partial charge is 0.225 e. The molecule has 0 aliphatic rings. The number of amides is 1. The molecule has 0 spiro atoms. The molecule has 0 aromatic heterocycles. The number of hydrogen-bond donors (Lipinski definition) is 1. The van der Waals surface area contributed by atoms with Gasteiger partial charge in [-0.05, 0) is 63.9 Å². The molecule has 0 saturated carbocycles. The van der Waals surface area contributed by atoms with Crippen molar-refractivity contribution in [2.24, 2.45) is 0 Å². The van der Waals surface area contributed by atoms with E-state index in [-0.39, 0.29) is 5.91 Å². The van der Waals surface area contributed by atoms with Crippen molar-refractivity contribution in [3.63, 3.8) is 0 Å². The third-order valence-corrected chi connectivity index (χ3v) is 5.20. The molecule has 0 aliphatic carbocycles. The molecule has 2 aromatic carbocycles. The van der Waals surface area contributed by atoms with Crippen LogP contribution in [-0.4, -0.2) is 36.5 Å². The van der Waals surface area contributed by atoms with E-state index in [9.17, 15) is 4.79 Å². The zero-order valence-electron chi connectivity index (χ0n) is 18.0. The fraction of sp³-hybridized carbons (Fsp3) is 0.458. The van der Waals surface area contributed by atoms with Crippen LogP contribution in [0.4, 0.5) is 11.4 Å². The van der Waals surface area contributed by atoms with E-state index in [1.165, 1.54) is 11.3 Å². The lowest BCUT2D eigenvalue weighted by Crippen LogP contribution is -2.33. The molecule has 2 rings (SSSR count). The normalized spacial score (nSPS) is 11.1. The van der Waals surface area contributed by atoms with Crippen molar-refractivity contribution in [2.45, 2.75) is 53.6 Å². The summed E-state index contributed by atoms with van der Waals surface area (Å²) < 4.78 is 0. The van der Waals surface area contributed by atoms with Crippen molar-refractivity contribution in [1.29, 1.82) is 0 Å². The third-order valence-electron chi connectivity index (χ3n) is 5.20. The first-order valence-electron chi connectivity index (χ1n) is 10.4. The number of anilines is 2. The Morgan fingerprint density at radius 2 is 1.71 bits per heavy atom. The molecule has 2 aromatic rings. The van der Waals surface area contributed by atoms with E-state index >= 15 is 0 Å². The number of nitrogens with zero attached hydrogens (tertiary/aromatic N) is 2. The number of benzene rings is 2. The van der Waals surface area contributed by atoms with Crippen LogP contribution in [0.25, 0.3) is 0 Å². The van der Waals surface area contributed by atoms with Crippen LogP contribution in [0.5, 0.6) is 0 Å². The van der Waals surface area contributed by atoms with Crippen LogP contribution in [0.2, 0.25) is 0 Å². The van der Waals surface area contributed by atoms with Gasteiger partial charge in [0.1, 0.15) is 0 Å². The van der Waals surface area contributed by atoms with E-state index in [1.807, 2.05) is 12.1 Å². The monoisotopic (exact) mass is 381 g/mol. The second-order valence-corrected chi connectivity index (χ2v) is 7.52. The summed E-state index contributed by atoms with van der Waals surface area (Å²) in [6.45, 7) is 14.3. The molecule has 4 nitrogen and oxygen atoms in total. The molecule has 4 heteroatoms. The number of rotatable bonds is 10. The topological polar surface area (TPSA) is 35.6 Å². The van der Waals surface area contributed by atoms with Gasteiger partial charge in [-0.1, -0.05) is 30.3 Å². The SMILES string of the molecule is CCN(CC)c1ccc(NC(=O)CCN(Cc2ccccc2)C(C)C)c(C)c1. The van der Waals surface area contributed by atoms with Gasteiger partial charge in [0, 0.05) is 50.0 Å². The Morgan fingerprint density at radius 1 is 1.04 bits per heavy atom. The Balaban J connectivity index is 1.93. The first-order chi connectivity index (χ1) is 13.4.